The van der Waals surface area contributed by atoms with Crippen LogP contribution in [0.15, 0.2) is 24.3 Å². The molecule has 3 nitrogen and oxygen atoms in total. The van der Waals surface area contributed by atoms with Gasteiger partial charge >= 0.3 is 0 Å². The maximum absolute atomic E-state index is 13.4. The van der Waals surface area contributed by atoms with E-state index < -0.39 is 0 Å². The molecule has 1 aliphatic heterocycles. The molecule has 1 heterocycles. The fourth-order valence-electron chi connectivity index (χ4n) is 2.55. The van der Waals surface area contributed by atoms with E-state index in [-0.39, 0.29) is 17.6 Å². The highest BCUT2D eigenvalue weighted by Gasteiger charge is 2.23. The van der Waals surface area contributed by atoms with Crippen molar-refractivity contribution in [3.8, 4) is 0 Å². The summed E-state index contributed by atoms with van der Waals surface area (Å²) >= 11 is 0. The van der Waals surface area contributed by atoms with Crippen LogP contribution in [0.25, 0.3) is 0 Å². The van der Waals surface area contributed by atoms with Gasteiger partial charge in [-0.15, -0.1) is 0 Å². The van der Waals surface area contributed by atoms with Crippen molar-refractivity contribution in [3.63, 3.8) is 0 Å². The predicted octanol–water partition coefficient (Wildman–Crippen LogP) is 1.83. The fraction of sp³-hybridized carbons (Fsp3) is 0.533. The van der Waals surface area contributed by atoms with Crippen molar-refractivity contribution in [2.75, 3.05) is 26.7 Å². The lowest BCUT2D eigenvalue weighted by Crippen LogP contribution is -2.41. The molecule has 1 aliphatic rings. The molecule has 1 unspecified atom stereocenters. The first-order valence-corrected chi connectivity index (χ1v) is 6.86. The first-order valence-electron chi connectivity index (χ1n) is 6.86. The Bertz CT molecular complexity index is 436. The number of likely N-dealkylation sites (tertiary alicyclic amines) is 1. The Morgan fingerprint density at radius 1 is 1.47 bits per heavy atom. The lowest BCUT2D eigenvalue weighted by Gasteiger charge is -2.28. The lowest BCUT2D eigenvalue weighted by molar-refractivity contribution is -0.126. The summed E-state index contributed by atoms with van der Waals surface area (Å²) in [6, 6.07) is 6.70. The van der Waals surface area contributed by atoms with Gasteiger partial charge in [-0.2, -0.15) is 0 Å². The first kappa shape index (κ1) is 14.0. The standard InChI is InChI=1S/C15H21FN2O/c1-18-10-4-6-13(11-18)15(19)17-9-8-12-5-2-3-7-14(12)16/h2-3,5,7,13H,4,6,8-11H2,1H3,(H,17,19). The molecular formula is C15H21FN2O. The van der Waals surface area contributed by atoms with Gasteiger partial charge in [-0.05, 0) is 44.5 Å². The molecule has 2 rings (SSSR count). The van der Waals surface area contributed by atoms with Gasteiger partial charge in [0.2, 0.25) is 5.91 Å². The fourth-order valence-corrected chi connectivity index (χ4v) is 2.55. The van der Waals surface area contributed by atoms with E-state index in [1.165, 1.54) is 6.07 Å². The monoisotopic (exact) mass is 264 g/mol. The minimum atomic E-state index is -0.200. The van der Waals surface area contributed by atoms with Crippen LogP contribution in [0.4, 0.5) is 4.39 Å². The zero-order chi connectivity index (χ0) is 13.7. The number of carbonyl (C=O) groups is 1. The van der Waals surface area contributed by atoms with Crippen molar-refractivity contribution in [1.82, 2.24) is 10.2 Å². The third kappa shape index (κ3) is 4.03. The van der Waals surface area contributed by atoms with Gasteiger partial charge in [0, 0.05) is 13.1 Å². The Hall–Kier alpha value is -1.42. The van der Waals surface area contributed by atoms with Gasteiger partial charge < -0.3 is 10.2 Å². The normalized spacial score (nSPS) is 20.2. The summed E-state index contributed by atoms with van der Waals surface area (Å²) in [7, 11) is 2.04. The van der Waals surface area contributed by atoms with Crippen molar-refractivity contribution < 1.29 is 9.18 Å². The highest BCUT2D eigenvalue weighted by molar-refractivity contribution is 5.78. The van der Waals surface area contributed by atoms with Crippen LogP contribution in [0.2, 0.25) is 0 Å². The molecule has 1 amide bonds. The highest BCUT2D eigenvalue weighted by atomic mass is 19.1. The van der Waals surface area contributed by atoms with Crippen molar-refractivity contribution in [1.29, 1.82) is 0 Å². The van der Waals surface area contributed by atoms with E-state index in [9.17, 15) is 9.18 Å². The Labute approximate surface area is 113 Å². The average Bonchev–Trinajstić information content (AvgIpc) is 2.41. The summed E-state index contributed by atoms with van der Waals surface area (Å²) in [6.45, 7) is 2.39. The number of amides is 1. The van der Waals surface area contributed by atoms with Crippen LogP contribution in [0.5, 0.6) is 0 Å². The molecule has 0 spiro atoms. The molecule has 0 bridgehead atoms. The molecule has 0 radical (unpaired) electrons. The van der Waals surface area contributed by atoms with Gasteiger partial charge in [-0.1, -0.05) is 18.2 Å². The van der Waals surface area contributed by atoms with Crippen LogP contribution < -0.4 is 5.32 Å². The number of hydrogen-bond donors (Lipinski definition) is 1. The zero-order valence-electron chi connectivity index (χ0n) is 11.4. The topological polar surface area (TPSA) is 32.3 Å². The first-order chi connectivity index (χ1) is 9.16. The molecule has 1 aromatic rings. The number of halogens is 1. The second-order valence-electron chi connectivity index (χ2n) is 5.23. The molecule has 0 aliphatic carbocycles. The van der Waals surface area contributed by atoms with Crippen LogP contribution >= 0.6 is 0 Å². The smallest absolute Gasteiger partial charge is 0.224 e. The molecule has 104 valence electrons. The van der Waals surface area contributed by atoms with E-state index in [0.29, 0.717) is 18.5 Å². The van der Waals surface area contributed by atoms with E-state index in [1.54, 1.807) is 12.1 Å². The molecule has 1 aromatic carbocycles. The number of piperidine rings is 1. The number of nitrogens with zero attached hydrogens (tertiary/aromatic N) is 1. The van der Waals surface area contributed by atoms with Gasteiger partial charge in [-0.3, -0.25) is 4.79 Å². The van der Waals surface area contributed by atoms with E-state index in [2.05, 4.69) is 10.2 Å². The van der Waals surface area contributed by atoms with Gasteiger partial charge in [0.25, 0.3) is 0 Å². The lowest BCUT2D eigenvalue weighted by atomic mass is 9.97. The minimum absolute atomic E-state index is 0.0828. The minimum Gasteiger partial charge on any atom is -0.355 e. The van der Waals surface area contributed by atoms with Crippen LogP contribution in [-0.2, 0) is 11.2 Å². The van der Waals surface area contributed by atoms with Crippen molar-refractivity contribution in [2.24, 2.45) is 5.92 Å². The predicted molar refractivity (Wildman–Crippen MR) is 73.3 cm³/mol. The summed E-state index contributed by atoms with van der Waals surface area (Å²) in [4.78, 5) is 14.2. The molecule has 0 aromatic heterocycles. The molecule has 1 saturated heterocycles. The summed E-state index contributed by atoms with van der Waals surface area (Å²) < 4.78 is 13.4. The summed E-state index contributed by atoms with van der Waals surface area (Å²) in [5.74, 6) is -0.0172. The Kier molecular flexibility index (Phi) is 4.91. The third-order valence-corrected chi connectivity index (χ3v) is 3.65. The zero-order valence-corrected chi connectivity index (χ0v) is 11.4. The summed E-state index contributed by atoms with van der Waals surface area (Å²) in [5.41, 5.74) is 0.656. The number of hydrogen-bond acceptors (Lipinski definition) is 2. The van der Waals surface area contributed by atoms with Crippen LogP contribution in [0.3, 0.4) is 0 Å². The number of nitrogens with one attached hydrogen (secondary N) is 1. The van der Waals surface area contributed by atoms with Crippen LogP contribution in [0, 0.1) is 11.7 Å². The van der Waals surface area contributed by atoms with Crippen molar-refractivity contribution in [3.05, 3.63) is 35.6 Å². The summed E-state index contributed by atoms with van der Waals surface area (Å²) in [6.07, 6.45) is 2.57. The van der Waals surface area contributed by atoms with E-state index in [4.69, 9.17) is 0 Å². The molecule has 4 heteroatoms. The van der Waals surface area contributed by atoms with E-state index in [1.807, 2.05) is 13.1 Å². The Balaban J connectivity index is 1.76. The Morgan fingerprint density at radius 3 is 3.00 bits per heavy atom. The molecule has 19 heavy (non-hydrogen) atoms. The van der Waals surface area contributed by atoms with Gasteiger partial charge in [0.1, 0.15) is 5.82 Å². The maximum Gasteiger partial charge on any atom is 0.224 e. The van der Waals surface area contributed by atoms with Gasteiger partial charge in [0.15, 0.2) is 0 Å². The quantitative estimate of drug-likeness (QED) is 0.900. The average molecular weight is 264 g/mol. The van der Waals surface area contributed by atoms with Crippen LogP contribution in [0.1, 0.15) is 18.4 Å². The van der Waals surface area contributed by atoms with Gasteiger partial charge in [-0.25, -0.2) is 4.39 Å². The number of carbonyl (C=O) groups excluding carboxylic acids is 1. The molecule has 1 fully saturated rings. The largest absolute Gasteiger partial charge is 0.355 e. The van der Waals surface area contributed by atoms with Gasteiger partial charge in [0.05, 0.1) is 5.92 Å². The third-order valence-electron chi connectivity index (χ3n) is 3.65. The maximum atomic E-state index is 13.4. The second-order valence-corrected chi connectivity index (χ2v) is 5.23. The molecular weight excluding hydrogens is 243 g/mol. The van der Waals surface area contributed by atoms with E-state index >= 15 is 0 Å². The SMILES string of the molecule is CN1CCCC(C(=O)NCCc2ccccc2F)C1. The van der Waals surface area contributed by atoms with Crippen molar-refractivity contribution >= 4 is 5.91 Å². The van der Waals surface area contributed by atoms with Crippen molar-refractivity contribution in [2.45, 2.75) is 19.3 Å². The number of rotatable bonds is 4. The molecule has 1 atom stereocenters. The summed E-state index contributed by atoms with van der Waals surface area (Å²) in [5, 5.41) is 2.92. The number of benzene rings is 1. The molecule has 0 saturated carbocycles. The van der Waals surface area contributed by atoms with Crippen LogP contribution in [-0.4, -0.2) is 37.5 Å². The Morgan fingerprint density at radius 2 is 2.26 bits per heavy atom. The second kappa shape index (κ2) is 6.66. The highest BCUT2D eigenvalue weighted by Crippen LogP contribution is 2.15. The van der Waals surface area contributed by atoms with E-state index in [0.717, 1.165) is 25.9 Å². The molecule has 1 N–H and O–H groups in total.